The molecule has 0 fully saturated rings. The second kappa shape index (κ2) is 6.64. The van der Waals surface area contributed by atoms with Gasteiger partial charge in [-0.3, -0.25) is 9.52 Å². The lowest BCUT2D eigenvalue weighted by Crippen LogP contribution is -2.13. The fraction of sp³-hybridized carbons (Fsp3) is 0. The summed E-state index contributed by atoms with van der Waals surface area (Å²) in [5.74, 6) is -0.669. The smallest absolute Gasteiger partial charge is 0.255 e. The Hall–Kier alpha value is -2.31. The molecule has 0 saturated heterocycles. The van der Waals surface area contributed by atoms with Crippen LogP contribution in [0.4, 0.5) is 5.69 Å². The lowest BCUT2D eigenvalue weighted by atomic mass is 10.2. The van der Waals surface area contributed by atoms with Crippen LogP contribution < -0.4 is 10.5 Å². The van der Waals surface area contributed by atoms with Crippen molar-refractivity contribution in [1.82, 2.24) is 0 Å². The van der Waals surface area contributed by atoms with Gasteiger partial charge in [-0.15, -0.1) is 0 Å². The van der Waals surface area contributed by atoms with E-state index in [1.165, 1.54) is 24.3 Å². The zero-order valence-electron chi connectivity index (χ0n) is 11.4. The van der Waals surface area contributed by atoms with Gasteiger partial charge in [0.15, 0.2) is 0 Å². The van der Waals surface area contributed by atoms with Gasteiger partial charge < -0.3 is 5.73 Å². The summed E-state index contributed by atoms with van der Waals surface area (Å²) in [7, 11) is -3.76. The maximum Gasteiger partial charge on any atom is 0.255 e. The van der Waals surface area contributed by atoms with E-state index in [9.17, 15) is 13.2 Å². The van der Waals surface area contributed by atoms with Crippen molar-refractivity contribution in [2.24, 2.45) is 5.73 Å². The summed E-state index contributed by atoms with van der Waals surface area (Å²) >= 11 is 5.92. The van der Waals surface area contributed by atoms with Crippen LogP contribution in [-0.4, -0.2) is 14.3 Å². The first-order valence-corrected chi connectivity index (χ1v) is 8.15. The van der Waals surface area contributed by atoms with Crippen molar-refractivity contribution in [3.8, 4) is 0 Å². The number of primary amides is 1. The first-order chi connectivity index (χ1) is 10.4. The molecule has 0 aliphatic rings. The van der Waals surface area contributed by atoms with Crippen molar-refractivity contribution in [2.75, 3.05) is 4.72 Å². The summed E-state index contributed by atoms with van der Waals surface area (Å²) in [4.78, 5) is 11.1. The summed E-state index contributed by atoms with van der Waals surface area (Å²) in [5.41, 5.74) is 6.15. The first kappa shape index (κ1) is 16.1. The summed E-state index contributed by atoms with van der Waals surface area (Å²) in [6, 6.07) is 13.1. The number of halogens is 1. The number of sulfonamides is 1. The molecule has 0 aliphatic heterocycles. The number of nitrogens with one attached hydrogen (secondary N) is 1. The van der Waals surface area contributed by atoms with Crippen molar-refractivity contribution in [3.05, 3.63) is 70.1 Å². The third-order valence-electron chi connectivity index (χ3n) is 2.74. The molecule has 3 N–H and O–H groups in total. The molecule has 22 heavy (non-hydrogen) atoms. The van der Waals surface area contributed by atoms with Gasteiger partial charge in [-0.1, -0.05) is 41.9 Å². The predicted molar refractivity (Wildman–Crippen MR) is 88.0 cm³/mol. The van der Waals surface area contributed by atoms with Crippen LogP contribution in [0.1, 0.15) is 15.9 Å². The Balaban J connectivity index is 2.24. The molecule has 0 aromatic heterocycles. The maximum absolute atomic E-state index is 12.0. The van der Waals surface area contributed by atoms with Gasteiger partial charge in [-0.05, 0) is 29.8 Å². The van der Waals surface area contributed by atoms with Crippen LogP contribution in [0.2, 0.25) is 5.02 Å². The molecule has 2 rings (SSSR count). The summed E-state index contributed by atoms with van der Waals surface area (Å²) < 4.78 is 26.4. The molecule has 0 aliphatic carbocycles. The molecule has 0 unspecified atom stereocenters. The fourth-order valence-corrected chi connectivity index (χ4v) is 2.78. The molecular formula is C15H13ClN2O3S. The van der Waals surface area contributed by atoms with E-state index in [0.717, 1.165) is 11.0 Å². The molecule has 7 heteroatoms. The van der Waals surface area contributed by atoms with Gasteiger partial charge in [0.2, 0.25) is 5.91 Å². The Morgan fingerprint density at radius 2 is 1.82 bits per heavy atom. The van der Waals surface area contributed by atoms with Crippen LogP contribution in [0.5, 0.6) is 0 Å². The van der Waals surface area contributed by atoms with Crippen molar-refractivity contribution >= 4 is 39.3 Å². The lowest BCUT2D eigenvalue weighted by molar-refractivity contribution is 0.100. The summed E-state index contributed by atoms with van der Waals surface area (Å²) in [6.45, 7) is 0. The Morgan fingerprint density at radius 3 is 2.45 bits per heavy atom. The minimum atomic E-state index is -3.76. The maximum atomic E-state index is 12.0. The highest BCUT2D eigenvalue weighted by atomic mass is 35.5. The van der Waals surface area contributed by atoms with Gasteiger partial charge in [0.05, 0.1) is 16.1 Å². The van der Waals surface area contributed by atoms with Crippen LogP contribution in [0.25, 0.3) is 6.08 Å². The van der Waals surface area contributed by atoms with E-state index in [2.05, 4.69) is 4.72 Å². The minimum Gasteiger partial charge on any atom is -0.366 e. The van der Waals surface area contributed by atoms with Gasteiger partial charge in [0.25, 0.3) is 10.0 Å². The average Bonchev–Trinajstić information content (AvgIpc) is 2.48. The molecule has 0 atom stereocenters. The van der Waals surface area contributed by atoms with Crippen molar-refractivity contribution < 1.29 is 13.2 Å². The van der Waals surface area contributed by atoms with Crippen molar-refractivity contribution in [1.29, 1.82) is 0 Å². The first-order valence-electron chi connectivity index (χ1n) is 6.23. The number of nitrogens with two attached hydrogens (primary N) is 1. The van der Waals surface area contributed by atoms with Crippen LogP contribution in [0.15, 0.2) is 53.9 Å². The zero-order chi connectivity index (χ0) is 16.2. The van der Waals surface area contributed by atoms with E-state index in [-0.39, 0.29) is 16.3 Å². The Bertz CT molecular complexity index is 818. The van der Waals surface area contributed by atoms with E-state index in [0.29, 0.717) is 0 Å². The van der Waals surface area contributed by atoms with Crippen LogP contribution in [-0.2, 0) is 10.0 Å². The van der Waals surface area contributed by atoms with Gasteiger partial charge in [0.1, 0.15) is 0 Å². The molecule has 0 bridgehead atoms. The molecule has 0 spiro atoms. The SMILES string of the molecule is NC(=O)c1ccc(Cl)c(NS(=O)(=O)/C=C/c2ccccc2)c1. The van der Waals surface area contributed by atoms with Gasteiger partial charge in [-0.25, -0.2) is 8.42 Å². The van der Waals surface area contributed by atoms with Crippen LogP contribution >= 0.6 is 11.6 Å². The highest BCUT2D eigenvalue weighted by Gasteiger charge is 2.11. The monoisotopic (exact) mass is 336 g/mol. The molecule has 2 aromatic carbocycles. The number of hydrogen-bond donors (Lipinski definition) is 2. The van der Waals surface area contributed by atoms with E-state index in [4.69, 9.17) is 17.3 Å². The minimum absolute atomic E-state index is 0.0932. The molecule has 0 saturated carbocycles. The molecule has 2 aromatic rings. The quantitative estimate of drug-likeness (QED) is 0.879. The van der Waals surface area contributed by atoms with E-state index >= 15 is 0 Å². The third-order valence-corrected chi connectivity index (χ3v) is 4.07. The second-order valence-corrected chi connectivity index (χ2v) is 6.39. The average molecular weight is 337 g/mol. The number of rotatable bonds is 5. The molecule has 0 heterocycles. The molecule has 114 valence electrons. The van der Waals surface area contributed by atoms with Crippen LogP contribution in [0, 0.1) is 0 Å². The lowest BCUT2D eigenvalue weighted by Gasteiger charge is -2.08. The Morgan fingerprint density at radius 1 is 1.14 bits per heavy atom. The number of carbonyl (C=O) groups excluding carboxylic acids is 1. The normalized spacial score (nSPS) is 11.5. The van der Waals surface area contributed by atoms with Gasteiger partial charge >= 0.3 is 0 Å². The fourth-order valence-electron chi connectivity index (χ4n) is 1.68. The highest BCUT2D eigenvalue weighted by molar-refractivity contribution is 7.95. The van der Waals surface area contributed by atoms with Crippen LogP contribution in [0.3, 0.4) is 0 Å². The van der Waals surface area contributed by atoms with E-state index < -0.39 is 15.9 Å². The van der Waals surface area contributed by atoms with Crippen molar-refractivity contribution in [2.45, 2.75) is 0 Å². The summed E-state index contributed by atoms with van der Waals surface area (Å²) in [5, 5.41) is 1.19. The molecule has 0 radical (unpaired) electrons. The van der Waals surface area contributed by atoms with E-state index in [1.54, 1.807) is 24.3 Å². The standard InChI is InChI=1S/C15H13ClN2O3S/c16-13-7-6-12(15(17)19)10-14(13)18-22(20,21)9-8-11-4-2-1-3-5-11/h1-10,18H,(H2,17,19)/b9-8+. The van der Waals surface area contributed by atoms with E-state index in [1.807, 2.05) is 6.07 Å². The molecular weight excluding hydrogens is 324 g/mol. The molecule has 1 amide bonds. The predicted octanol–water partition coefficient (Wildman–Crippen LogP) is 2.85. The topological polar surface area (TPSA) is 89.3 Å². The highest BCUT2D eigenvalue weighted by Crippen LogP contribution is 2.24. The van der Waals surface area contributed by atoms with Gasteiger partial charge in [0, 0.05) is 5.56 Å². The molecule has 5 nitrogen and oxygen atoms in total. The summed E-state index contributed by atoms with van der Waals surface area (Å²) in [6.07, 6.45) is 1.45. The number of carbonyl (C=O) groups is 1. The number of amides is 1. The largest absolute Gasteiger partial charge is 0.366 e. The van der Waals surface area contributed by atoms with Gasteiger partial charge in [-0.2, -0.15) is 0 Å². The Kier molecular flexibility index (Phi) is 4.85. The Labute approximate surface area is 133 Å². The zero-order valence-corrected chi connectivity index (χ0v) is 12.9. The number of anilines is 1. The number of benzene rings is 2. The third kappa shape index (κ3) is 4.34. The second-order valence-electron chi connectivity index (χ2n) is 4.42. The van der Waals surface area contributed by atoms with Crippen molar-refractivity contribution in [3.63, 3.8) is 0 Å². The number of hydrogen-bond acceptors (Lipinski definition) is 3.